The van der Waals surface area contributed by atoms with E-state index in [0.717, 1.165) is 10.9 Å². The maximum atomic E-state index is 11.3. The Kier molecular flexibility index (Phi) is 5.06. The van der Waals surface area contributed by atoms with Crippen molar-refractivity contribution in [1.29, 1.82) is 0 Å². The molecule has 8 heteroatoms. The quantitative estimate of drug-likeness (QED) is 0.505. The summed E-state index contributed by atoms with van der Waals surface area (Å²) in [4.78, 5) is 24.4. The van der Waals surface area contributed by atoms with Crippen LogP contribution in [0.1, 0.15) is 5.56 Å². The molecule has 2 rings (SSSR count). The van der Waals surface area contributed by atoms with Gasteiger partial charge in [-0.25, -0.2) is 0 Å². The number of hydrogen-bond donors (Lipinski definition) is 2. The number of methoxy groups -OCH3 is 1. The van der Waals surface area contributed by atoms with Crippen LogP contribution in [0.2, 0.25) is 0 Å². The van der Waals surface area contributed by atoms with Crippen molar-refractivity contribution in [2.75, 3.05) is 7.11 Å². The first kappa shape index (κ1) is 15.9. The van der Waals surface area contributed by atoms with Gasteiger partial charge in [-0.05, 0) is 11.6 Å². The number of aromatic nitrogens is 1. The lowest BCUT2D eigenvalue weighted by atomic mass is 10.1. The number of halogens is 1. The number of nitrogens with zero attached hydrogens (tertiary/aromatic N) is 1. The van der Waals surface area contributed by atoms with Gasteiger partial charge in [-0.1, -0.05) is 0 Å². The molecule has 0 unspecified atom stereocenters. The van der Waals surface area contributed by atoms with Gasteiger partial charge in [0, 0.05) is 30.1 Å². The van der Waals surface area contributed by atoms with Crippen molar-refractivity contribution < 1.29 is 14.5 Å². The molecule has 0 saturated carbocycles. The fraction of sp³-hybridized carbons (Fsp3) is 0.250. The number of carbonyl (C=O) groups is 1. The molecule has 7 nitrogen and oxygen atoms in total. The van der Waals surface area contributed by atoms with Crippen LogP contribution < -0.4 is 5.73 Å². The zero-order valence-corrected chi connectivity index (χ0v) is 11.5. The molecule has 1 heterocycles. The first-order valence-corrected chi connectivity index (χ1v) is 5.60. The molecule has 0 fully saturated rings. The summed E-state index contributed by atoms with van der Waals surface area (Å²) < 4.78 is 4.56. The molecule has 0 aliphatic rings. The number of aromatic amines is 1. The molecule has 1 aromatic carbocycles. The number of H-pyrrole nitrogens is 1. The van der Waals surface area contributed by atoms with Gasteiger partial charge in [0.25, 0.3) is 5.69 Å². The minimum Gasteiger partial charge on any atom is -0.468 e. The summed E-state index contributed by atoms with van der Waals surface area (Å²) in [6, 6.07) is 3.76. The van der Waals surface area contributed by atoms with Crippen LogP contribution in [-0.4, -0.2) is 29.0 Å². The lowest BCUT2D eigenvalue weighted by molar-refractivity contribution is -0.384. The fourth-order valence-electron chi connectivity index (χ4n) is 1.93. The molecule has 0 spiro atoms. The predicted molar refractivity (Wildman–Crippen MR) is 75.9 cm³/mol. The lowest BCUT2D eigenvalue weighted by Crippen LogP contribution is -2.33. The summed E-state index contributed by atoms with van der Waals surface area (Å²) in [7, 11) is 1.28. The number of rotatable bonds is 4. The fourth-order valence-corrected chi connectivity index (χ4v) is 1.93. The third-order valence-corrected chi connectivity index (χ3v) is 2.91. The van der Waals surface area contributed by atoms with Gasteiger partial charge in [-0.3, -0.25) is 14.9 Å². The van der Waals surface area contributed by atoms with Crippen LogP contribution in [0.25, 0.3) is 10.9 Å². The van der Waals surface area contributed by atoms with Crippen LogP contribution in [0.4, 0.5) is 5.69 Å². The highest BCUT2D eigenvalue weighted by atomic mass is 35.5. The molecule has 108 valence electrons. The number of nitro groups is 1. The van der Waals surface area contributed by atoms with E-state index < -0.39 is 16.9 Å². The van der Waals surface area contributed by atoms with Crippen molar-refractivity contribution in [3.05, 3.63) is 40.1 Å². The second-order valence-corrected chi connectivity index (χ2v) is 4.13. The second kappa shape index (κ2) is 6.36. The Labute approximate surface area is 120 Å². The van der Waals surface area contributed by atoms with Crippen molar-refractivity contribution in [1.82, 2.24) is 4.98 Å². The molecular weight excluding hydrogens is 286 g/mol. The summed E-state index contributed by atoms with van der Waals surface area (Å²) in [5.41, 5.74) is 7.17. The summed E-state index contributed by atoms with van der Waals surface area (Å²) in [5, 5.41) is 11.5. The van der Waals surface area contributed by atoms with E-state index in [0.29, 0.717) is 11.9 Å². The normalized spacial score (nSPS) is 11.7. The SMILES string of the molecule is COC(=O)[C@@H](N)Cc1c[nH]c2cc([N+](=O)[O-])ccc12.Cl. The Morgan fingerprint density at radius 2 is 2.25 bits per heavy atom. The second-order valence-electron chi connectivity index (χ2n) is 4.13. The first-order valence-electron chi connectivity index (χ1n) is 5.60. The highest BCUT2D eigenvalue weighted by Gasteiger charge is 2.17. The van der Waals surface area contributed by atoms with E-state index >= 15 is 0 Å². The van der Waals surface area contributed by atoms with Gasteiger partial charge >= 0.3 is 5.97 Å². The van der Waals surface area contributed by atoms with Crippen molar-refractivity contribution >= 4 is 35.0 Å². The summed E-state index contributed by atoms with van der Waals surface area (Å²) in [6.07, 6.45) is 2.00. The van der Waals surface area contributed by atoms with E-state index in [2.05, 4.69) is 9.72 Å². The minimum absolute atomic E-state index is 0. The minimum atomic E-state index is -0.751. The Hall–Kier alpha value is -2.12. The molecule has 0 aliphatic carbocycles. The third kappa shape index (κ3) is 3.06. The molecule has 0 radical (unpaired) electrons. The van der Waals surface area contributed by atoms with Gasteiger partial charge in [0.2, 0.25) is 0 Å². The van der Waals surface area contributed by atoms with Crippen LogP contribution in [0.3, 0.4) is 0 Å². The highest BCUT2D eigenvalue weighted by molar-refractivity contribution is 5.86. The molecule has 0 amide bonds. The Morgan fingerprint density at radius 3 is 2.85 bits per heavy atom. The standard InChI is InChI=1S/C12H13N3O4.ClH/c1-19-12(16)10(13)4-7-6-14-11-5-8(15(17)18)2-3-9(7)11;/h2-3,5-6,10,14H,4,13H2,1H3;1H/t10-;/m0./s1. The largest absolute Gasteiger partial charge is 0.468 e. The highest BCUT2D eigenvalue weighted by Crippen LogP contribution is 2.24. The van der Waals surface area contributed by atoms with Crippen LogP contribution in [0.15, 0.2) is 24.4 Å². The van der Waals surface area contributed by atoms with Gasteiger partial charge in [0.15, 0.2) is 0 Å². The van der Waals surface area contributed by atoms with Crippen molar-refractivity contribution in [3.63, 3.8) is 0 Å². The summed E-state index contributed by atoms with van der Waals surface area (Å²) in [6.45, 7) is 0. The van der Waals surface area contributed by atoms with Crippen LogP contribution in [0, 0.1) is 10.1 Å². The van der Waals surface area contributed by atoms with E-state index in [4.69, 9.17) is 5.73 Å². The van der Waals surface area contributed by atoms with E-state index in [1.807, 2.05) is 0 Å². The molecule has 0 saturated heterocycles. The van der Waals surface area contributed by atoms with Gasteiger partial charge in [-0.2, -0.15) is 0 Å². The predicted octanol–water partition coefficient (Wildman–Crippen LogP) is 1.54. The summed E-state index contributed by atoms with van der Waals surface area (Å²) >= 11 is 0. The number of nitro benzene ring substituents is 1. The lowest BCUT2D eigenvalue weighted by Gasteiger charge is -2.07. The van der Waals surface area contributed by atoms with Gasteiger partial charge < -0.3 is 15.5 Å². The third-order valence-electron chi connectivity index (χ3n) is 2.91. The molecule has 20 heavy (non-hydrogen) atoms. The topological polar surface area (TPSA) is 111 Å². The average Bonchev–Trinajstić information content (AvgIpc) is 2.80. The van der Waals surface area contributed by atoms with Crippen molar-refractivity contribution in [2.24, 2.45) is 5.73 Å². The maximum Gasteiger partial charge on any atom is 0.322 e. The van der Waals surface area contributed by atoms with Crippen LogP contribution in [-0.2, 0) is 16.0 Å². The van der Waals surface area contributed by atoms with Crippen LogP contribution in [0.5, 0.6) is 0 Å². The number of ether oxygens (including phenoxy) is 1. The molecule has 1 aromatic heterocycles. The Morgan fingerprint density at radius 1 is 1.55 bits per heavy atom. The molecule has 0 bridgehead atoms. The van der Waals surface area contributed by atoms with E-state index in [1.54, 1.807) is 12.3 Å². The molecule has 3 N–H and O–H groups in total. The zero-order chi connectivity index (χ0) is 14.0. The van der Waals surface area contributed by atoms with E-state index in [9.17, 15) is 14.9 Å². The first-order chi connectivity index (χ1) is 9.02. The number of fused-ring (bicyclic) bond motifs is 1. The zero-order valence-electron chi connectivity index (χ0n) is 10.7. The molecular formula is C12H14ClN3O4. The monoisotopic (exact) mass is 299 g/mol. The Bertz CT molecular complexity index is 641. The van der Waals surface area contributed by atoms with Crippen LogP contribution >= 0.6 is 12.4 Å². The number of hydrogen-bond acceptors (Lipinski definition) is 5. The van der Waals surface area contributed by atoms with E-state index in [1.165, 1.54) is 19.2 Å². The summed E-state index contributed by atoms with van der Waals surface area (Å²) in [5.74, 6) is -0.490. The van der Waals surface area contributed by atoms with Gasteiger partial charge in [0.05, 0.1) is 17.5 Å². The number of carbonyl (C=O) groups excluding carboxylic acids is 1. The van der Waals surface area contributed by atoms with Crippen molar-refractivity contribution in [2.45, 2.75) is 12.5 Å². The van der Waals surface area contributed by atoms with Crippen molar-refractivity contribution in [3.8, 4) is 0 Å². The molecule has 0 aliphatic heterocycles. The number of esters is 1. The molecule has 2 aromatic rings. The number of nitrogens with two attached hydrogens (primary N) is 1. The van der Waals surface area contributed by atoms with E-state index in [-0.39, 0.29) is 18.1 Å². The number of benzene rings is 1. The van der Waals surface area contributed by atoms with Gasteiger partial charge in [0.1, 0.15) is 6.04 Å². The average molecular weight is 300 g/mol. The number of non-ortho nitro benzene ring substituents is 1. The Balaban J connectivity index is 0.00000200. The smallest absolute Gasteiger partial charge is 0.322 e. The molecule has 1 atom stereocenters. The van der Waals surface area contributed by atoms with Gasteiger partial charge in [-0.15, -0.1) is 12.4 Å². The maximum absolute atomic E-state index is 11.3. The number of nitrogens with one attached hydrogen (secondary N) is 1.